The van der Waals surface area contributed by atoms with Crippen molar-refractivity contribution in [2.75, 3.05) is 22.0 Å². The van der Waals surface area contributed by atoms with Gasteiger partial charge in [0.1, 0.15) is 0 Å². The van der Waals surface area contributed by atoms with Gasteiger partial charge in [-0.3, -0.25) is 4.72 Å². The van der Waals surface area contributed by atoms with E-state index < -0.39 is 10.0 Å². The van der Waals surface area contributed by atoms with Crippen LogP contribution in [0.4, 0.5) is 17.1 Å². The second-order valence-corrected chi connectivity index (χ2v) is 6.85. The van der Waals surface area contributed by atoms with Crippen LogP contribution >= 0.6 is 11.3 Å². The number of thiophene rings is 1. The zero-order chi connectivity index (χ0) is 13.9. The topological polar surface area (TPSA) is 84.2 Å². The van der Waals surface area contributed by atoms with Crippen molar-refractivity contribution in [1.82, 2.24) is 0 Å². The summed E-state index contributed by atoms with van der Waals surface area (Å²) in [5.74, 6) is 0. The van der Waals surface area contributed by atoms with Crippen LogP contribution in [0, 0.1) is 0 Å². The monoisotopic (exact) mass is 297 g/mol. The SMILES string of the molecule is CS(=O)(=O)Nc1ccc(NCc2sccc2N)cc1. The van der Waals surface area contributed by atoms with E-state index in [-0.39, 0.29) is 0 Å². The number of rotatable bonds is 5. The third kappa shape index (κ3) is 4.15. The lowest BCUT2D eigenvalue weighted by Gasteiger charge is -2.08. The molecule has 0 unspecified atom stereocenters. The molecular weight excluding hydrogens is 282 g/mol. The largest absolute Gasteiger partial charge is 0.398 e. The van der Waals surface area contributed by atoms with Gasteiger partial charge in [0, 0.05) is 21.9 Å². The molecule has 5 nitrogen and oxygen atoms in total. The first-order chi connectivity index (χ1) is 8.94. The Morgan fingerprint density at radius 2 is 1.79 bits per heavy atom. The van der Waals surface area contributed by atoms with Gasteiger partial charge in [0.25, 0.3) is 0 Å². The van der Waals surface area contributed by atoms with E-state index in [4.69, 9.17) is 5.73 Å². The van der Waals surface area contributed by atoms with Gasteiger partial charge in [-0.2, -0.15) is 0 Å². The molecule has 0 amide bonds. The number of nitrogen functional groups attached to an aromatic ring is 1. The van der Waals surface area contributed by atoms with E-state index in [0.29, 0.717) is 12.2 Å². The second-order valence-electron chi connectivity index (χ2n) is 4.10. The molecular formula is C12H15N3O2S2. The van der Waals surface area contributed by atoms with Crippen molar-refractivity contribution in [3.8, 4) is 0 Å². The Hall–Kier alpha value is -1.73. The van der Waals surface area contributed by atoms with Crippen molar-refractivity contribution in [3.05, 3.63) is 40.6 Å². The van der Waals surface area contributed by atoms with Gasteiger partial charge in [0.05, 0.1) is 12.8 Å². The molecule has 1 aromatic heterocycles. The van der Waals surface area contributed by atoms with Crippen LogP contribution in [0.15, 0.2) is 35.7 Å². The molecule has 0 aliphatic rings. The molecule has 2 rings (SSSR count). The minimum Gasteiger partial charge on any atom is -0.398 e. The van der Waals surface area contributed by atoms with Gasteiger partial charge in [-0.25, -0.2) is 8.42 Å². The van der Waals surface area contributed by atoms with Crippen LogP contribution in [0.5, 0.6) is 0 Å². The van der Waals surface area contributed by atoms with Gasteiger partial charge in [0.15, 0.2) is 0 Å². The lowest BCUT2D eigenvalue weighted by atomic mass is 10.3. The zero-order valence-electron chi connectivity index (χ0n) is 10.4. The molecule has 7 heteroatoms. The number of benzene rings is 1. The molecule has 0 atom stereocenters. The summed E-state index contributed by atoms with van der Waals surface area (Å²) >= 11 is 1.60. The van der Waals surface area contributed by atoms with Crippen LogP contribution in [0.25, 0.3) is 0 Å². The highest BCUT2D eigenvalue weighted by Gasteiger charge is 2.02. The van der Waals surface area contributed by atoms with Crippen LogP contribution in [-0.2, 0) is 16.6 Å². The number of anilines is 3. The number of nitrogens with one attached hydrogen (secondary N) is 2. The van der Waals surface area contributed by atoms with Crippen molar-refractivity contribution >= 4 is 38.4 Å². The molecule has 0 fully saturated rings. The minimum absolute atomic E-state index is 0.545. The van der Waals surface area contributed by atoms with Crippen molar-refractivity contribution in [3.63, 3.8) is 0 Å². The van der Waals surface area contributed by atoms with E-state index in [0.717, 1.165) is 22.5 Å². The van der Waals surface area contributed by atoms with Gasteiger partial charge in [-0.1, -0.05) is 0 Å². The van der Waals surface area contributed by atoms with Crippen LogP contribution in [0.3, 0.4) is 0 Å². The van der Waals surface area contributed by atoms with Crippen LogP contribution in [-0.4, -0.2) is 14.7 Å². The molecule has 0 saturated carbocycles. The Kier molecular flexibility index (Phi) is 3.96. The number of hydrogen-bond donors (Lipinski definition) is 3. The van der Waals surface area contributed by atoms with E-state index in [1.54, 1.807) is 23.5 Å². The van der Waals surface area contributed by atoms with Crippen molar-refractivity contribution in [2.45, 2.75) is 6.54 Å². The van der Waals surface area contributed by atoms with E-state index in [2.05, 4.69) is 10.0 Å². The van der Waals surface area contributed by atoms with Crippen molar-refractivity contribution in [2.24, 2.45) is 0 Å². The summed E-state index contributed by atoms with van der Waals surface area (Å²) in [6.45, 7) is 0.655. The third-order valence-electron chi connectivity index (χ3n) is 2.42. The molecule has 1 heterocycles. The minimum atomic E-state index is -3.23. The summed E-state index contributed by atoms with van der Waals surface area (Å²) in [7, 11) is -3.23. The number of hydrogen-bond acceptors (Lipinski definition) is 5. The van der Waals surface area contributed by atoms with Crippen molar-refractivity contribution < 1.29 is 8.42 Å². The summed E-state index contributed by atoms with van der Waals surface area (Å²) in [5.41, 5.74) is 8.03. The molecule has 0 saturated heterocycles. The van der Waals surface area contributed by atoms with E-state index in [9.17, 15) is 8.42 Å². The molecule has 0 aliphatic carbocycles. The van der Waals surface area contributed by atoms with Gasteiger partial charge < -0.3 is 11.1 Å². The Labute approximate surface area is 116 Å². The highest BCUT2D eigenvalue weighted by molar-refractivity contribution is 7.92. The molecule has 19 heavy (non-hydrogen) atoms. The molecule has 2 aromatic rings. The predicted molar refractivity (Wildman–Crippen MR) is 81.0 cm³/mol. The van der Waals surface area contributed by atoms with Crippen LogP contribution in [0.2, 0.25) is 0 Å². The maximum Gasteiger partial charge on any atom is 0.229 e. The first kappa shape index (κ1) is 13.7. The van der Waals surface area contributed by atoms with E-state index >= 15 is 0 Å². The zero-order valence-corrected chi connectivity index (χ0v) is 12.0. The molecule has 1 aromatic carbocycles. The smallest absolute Gasteiger partial charge is 0.229 e. The van der Waals surface area contributed by atoms with Gasteiger partial charge in [-0.05, 0) is 35.7 Å². The molecule has 102 valence electrons. The summed E-state index contributed by atoms with van der Waals surface area (Å²) < 4.78 is 24.5. The average molecular weight is 297 g/mol. The summed E-state index contributed by atoms with van der Waals surface area (Å²) in [5, 5.41) is 5.18. The normalized spacial score (nSPS) is 11.2. The van der Waals surface area contributed by atoms with E-state index in [1.165, 1.54) is 0 Å². The summed E-state index contributed by atoms with van der Waals surface area (Å²) in [4.78, 5) is 1.08. The Balaban J connectivity index is 1.97. The average Bonchev–Trinajstić information content (AvgIpc) is 2.72. The molecule has 4 N–H and O–H groups in total. The Morgan fingerprint density at radius 3 is 2.32 bits per heavy atom. The summed E-state index contributed by atoms with van der Waals surface area (Å²) in [6, 6.07) is 8.93. The quantitative estimate of drug-likeness (QED) is 0.790. The maximum atomic E-state index is 11.1. The Morgan fingerprint density at radius 1 is 1.16 bits per heavy atom. The molecule has 0 bridgehead atoms. The van der Waals surface area contributed by atoms with Gasteiger partial charge in [-0.15, -0.1) is 11.3 Å². The standard InChI is InChI=1S/C12H15N3O2S2/c1-19(16,17)15-10-4-2-9(3-5-10)14-8-12-11(13)6-7-18-12/h2-7,14-15H,8,13H2,1H3. The first-order valence-corrected chi connectivity index (χ1v) is 8.35. The predicted octanol–water partition coefficient (Wildman–Crippen LogP) is 2.31. The number of nitrogens with two attached hydrogens (primary N) is 1. The highest BCUT2D eigenvalue weighted by atomic mass is 32.2. The second kappa shape index (κ2) is 5.50. The molecule has 0 aliphatic heterocycles. The summed E-state index contributed by atoms with van der Waals surface area (Å²) in [6.07, 6.45) is 1.12. The van der Waals surface area contributed by atoms with Crippen LogP contribution in [0.1, 0.15) is 4.88 Å². The van der Waals surface area contributed by atoms with Crippen LogP contribution < -0.4 is 15.8 Å². The molecule has 0 radical (unpaired) electrons. The lowest BCUT2D eigenvalue weighted by Crippen LogP contribution is -2.09. The van der Waals surface area contributed by atoms with Crippen molar-refractivity contribution in [1.29, 1.82) is 0 Å². The fourth-order valence-electron chi connectivity index (χ4n) is 1.55. The van der Waals surface area contributed by atoms with Gasteiger partial charge >= 0.3 is 0 Å². The van der Waals surface area contributed by atoms with Gasteiger partial charge in [0.2, 0.25) is 10.0 Å². The fourth-order valence-corrected chi connectivity index (χ4v) is 2.85. The molecule has 0 spiro atoms. The van der Waals surface area contributed by atoms with E-state index in [1.807, 2.05) is 23.6 Å². The first-order valence-electron chi connectivity index (χ1n) is 5.57. The fraction of sp³-hybridized carbons (Fsp3) is 0.167. The third-order valence-corrected chi connectivity index (χ3v) is 3.96. The Bertz CT molecular complexity index is 648. The lowest BCUT2D eigenvalue weighted by molar-refractivity contribution is 0.607. The maximum absolute atomic E-state index is 11.1. The number of sulfonamides is 1. The highest BCUT2D eigenvalue weighted by Crippen LogP contribution is 2.21.